The highest BCUT2D eigenvalue weighted by Gasteiger charge is 2.47. The molecule has 2 nitrogen and oxygen atoms in total. The zero-order valence-corrected chi connectivity index (χ0v) is 13.1. The fourth-order valence-corrected chi connectivity index (χ4v) is 3.65. The molecule has 2 rings (SSSR count). The molecule has 0 aromatic rings. The van der Waals surface area contributed by atoms with Gasteiger partial charge in [-0.25, -0.2) is 0 Å². The quantitative estimate of drug-likeness (QED) is 0.767. The number of rotatable bonds is 5. The Morgan fingerprint density at radius 3 is 2.58 bits per heavy atom. The third kappa shape index (κ3) is 3.15. The molecule has 0 aromatic carbocycles. The monoisotopic (exact) mass is 262 g/mol. The second-order valence-corrected chi connectivity index (χ2v) is 7.03. The molecule has 3 unspecified atom stereocenters. The van der Waals surface area contributed by atoms with E-state index >= 15 is 0 Å². The number of terminal acetylenes is 1. The molecule has 2 fully saturated rings. The van der Waals surface area contributed by atoms with Crippen molar-refractivity contribution < 1.29 is 0 Å². The van der Waals surface area contributed by atoms with E-state index in [1.807, 2.05) is 0 Å². The Bertz CT molecular complexity index is 340. The van der Waals surface area contributed by atoms with Crippen molar-refractivity contribution in [1.82, 2.24) is 10.2 Å². The standard InChI is InChI=1S/C17H30N2/c1-6-8-15(7-2)19-12-17(5,14-9-10-14)18-11-16(19)13(3)4/h1,13-16,18H,7-12H2,2-5H3. The first kappa shape index (κ1) is 14.9. The van der Waals surface area contributed by atoms with E-state index in [1.54, 1.807) is 0 Å². The average molecular weight is 262 g/mol. The minimum absolute atomic E-state index is 0.313. The Morgan fingerprint density at radius 1 is 1.42 bits per heavy atom. The number of hydrogen-bond donors (Lipinski definition) is 1. The van der Waals surface area contributed by atoms with E-state index < -0.39 is 0 Å². The molecule has 2 aliphatic rings. The number of nitrogens with one attached hydrogen (secondary N) is 1. The van der Waals surface area contributed by atoms with Crippen LogP contribution < -0.4 is 5.32 Å². The van der Waals surface area contributed by atoms with Crippen molar-refractivity contribution >= 4 is 0 Å². The summed E-state index contributed by atoms with van der Waals surface area (Å²) in [4.78, 5) is 2.72. The summed E-state index contributed by atoms with van der Waals surface area (Å²) >= 11 is 0. The van der Waals surface area contributed by atoms with Gasteiger partial charge in [0.1, 0.15) is 0 Å². The van der Waals surface area contributed by atoms with Crippen LogP contribution in [0.3, 0.4) is 0 Å². The van der Waals surface area contributed by atoms with Gasteiger partial charge in [-0.15, -0.1) is 12.3 Å². The van der Waals surface area contributed by atoms with E-state index in [9.17, 15) is 0 Å². The van der Waals surface area contributed by atoms with Gasteiger partial charge in [0.15, 0.2) is 0 Å². The van der Waals surface area contributed by atoms with E-state index in [0.717, 1.165) is 25.3 Å². The lowest BCUT2D eigenvalue weighted by Gasteiger charge is -2.51. The fourth-order valence-electron chi connectivity index (χ4n) is 3.65. The molecular formula is C17H30N2. The van der Waals surface area contributed by atoms with Crippen molar-refractivity contribution in [2.24, 2.45) is 11.8 Å². The van der Waals surface area contributed by atoms with Crippen molar-refractivity contribution in [3.8, 4) is 12.3 Å². The van der Waals surface area contributed by atoms with Crippen molar-refractivity contribution in [2.75, 3.05) is 13.1 Å². The van der Waals surface area contributed by atoms with Crippen molar-refractivity contribution in [1.29, 1.82) is 0 Å². The van der Waals surface area contributed by atoms with Crippen LogP contribution in [-0.4, -0.2) is 35.6 Å². The smallest absolute Gasteiger partial charge is 0.0309 e. The molecule has 1 aliphatic carbocycles. The molecule has 3 atom stereocenters. The van der Waals surface area contributed by atoms with E-state index in [2.05, 4.69) is 43.8 Å². The Hall–Kier alpha value is -0.520. The molecule has 0 amide bonds. The van der Waals surface area contributed by atoms with Gasteiger partial charge in [0.25, 0.3) is 0 Å². The largest absolute Gasteiger partial charge is 0.308 e. The highest BCUT2D eigenvalue weighted by molar-refractivity contribution is 5.06. The van der Waals surface area contributed by atoms with E-state index in [4.69, 9.17) is 6.42 Å². The Balaban J connectivity index is 2.14. The molecule has 1 N–H and O–H groups in total. The first-order valence-corrected chi connectivity index (χ1v) is 7.96. The van der Waals surface area contributed by atoms with Crippen LogP contribution in [0.4, 0.5) is 0 Å². The zero-order valence-electron chi connectivity index (χ0n) is 13.1. The summed E-state index contributed by atoms with van der Waals surface area (Å²) in [5.74, 6) is 4.45. The lowest BCUT2D eigenvalue weighted by atomic mass is 9.86. The van der Waals surface area contributed by atoms with Crippen LogP contribution in [0.2, 0.25) is 0 Å². The summed E-state index contributed by atoms with van der Waals surface area (Å²) in [5, 5.41) is 3.85. The lowest BCUT2D eigenvalue weighted by molar-refractivity contribution is 0.0182. The van der Waals surface area contributed by atoms with Gasteiger partial charge in [0.05, 0.1) is 0 Å². The first-order valence-electron chi connectivity index (χ1n) is 7.96. The average Bonchev–Trinajstić information content (AvgIpc) is 3.20. The summed E-state index contributed by atoms with van der Waals surface area (Å²) in [6, 6.07) is 1.18. The van der Waals surface area contributed by atoms with Crippen LogP contribution in [0.15, 0.2) is 0 Å². The van der Waals surface area contributed by atoms with Gasteiger partial charge < -0.3 is 5.32 Å². The number of hydrogen-bond acceptors (Lipinski definition) is 2. The van der Waals surface area contributed by atoms with Gasteiger partial charge >= 0.3 is 0 Å². The Morgan fingerprint density at radius 2 is 2.11 bits per heavy atom. The third-order valence-corrected chi connectivity index (χ3v) is 5.19. The first-order chi connectivity index (χ1) is 9.01. The maximum atomic E-state index is 5.58. The maximum Gasteiger partial charge on any atom is 0.0309 e. The summed E-state index contributed by atoms with van der Waals surface area (Å²) in [6.07, 6.45) is 10.4. The van der Waals surface area contributed by atoms with Crippen LogP contribution in [0.25, 0.3) is 0 Å². The second-order valence-electron chi connectivity index (χ2n) is 7.03. The highest BCUT2D eigenvalue weighted by Crippen LogP contribution is 2.42. The van der Waals surface area contributed by atoms with Gasteiger partial charge in [-0.2, -0.15) is 0 Å². The molecule has 1 saturated heterocycles. The van der Waals surface area contributed by atoms with Gasteiger partial charge in [0, 0.05) is 37.1 Å². The molecule has 2 heteroatoms. The lowest BCUT2D eigenvalue weighted by Crippen LogP contribution is -2.67. The third-order valence-electron chi connectivity index (χ3n) is 5.19. The van der Waals surface area contributed by atoms with Crippen molar-refractivity contribution in [3.63, 3.8) is 0 Å². The van der Waals surface area contributed by atoms with Crippen molar-refractivity contribution in [3.05, 3.63) is 0 Å². The topological polar surface area (TPSA) is 15.3 Å². The molecular weight excluding hydrogens is 232 g/mol. The Labute approximate surface area is 119 Å². The zero-order chi connectivity index (χ0) is 14.0. The summed E-state index contributed by atoms with van der Waals surface area (Å²) in [6.45, 7) is 11.6. The molecule has 0 aromatic heterocycles. The fraction of sp³-hybridized carbons (Fsp3) is 0.882. The van der Waals surface area contributed by atoms with E-state index in [1.165, 1.54) is 19.4 Å². The minimum Gasteiger partial charge on any atom is -0.308 e. The normalized spacial score (nSPS) is 34.2. The molecule has 19 heavy (non-hydrogen) atoms. The van der Waals surface area contributed by atoms with Gasteiger partial charge in [-0.3, -0.25) is 4.90 Å². The molecule has 0 radical (unpaired) electrons. The van der Waals surface area contributed by atoms with Gasteiger partial charge in [0.2, 0.25) is 0 Å². The van der Waals surface area contributed by atoms with Crippen LogP contribution in [-0.2, 0) is 0 Å². The van der Waals surface area contributed by atoms with E-state index in [-0.39, 0.29) is 0 Å². The predicted octanol–water partition coefficient (Wildman–Crippen LogP) is 2.89. The van der Waals surface area contributed by atoms with Crippen molar-refractivity contribution in [2.45, 2.75) is 71.0 Å². The molecule has 0 spiro atoms. The molecule has 1 aliphatic heterocycles. The summed E-state index contributed by atoms with van der Waals surface area (Å²) in [7, 11) is 0. The molecule has 108 valence electrons. The number of nitrogens with zero attached hydrogens (tertiary/aromatic N) is 1. The predicted molar refractivity (Wildman–Crippen MR) is 82.0 cm³/mol. The summed E-state index contributed by atoms with van der Waals surface area (Å²) < 4.78 is 0. The van der Waals surface area contributed by atoms with E-state index in [0.29, 0.717) is 23.5 Å². The minimum atomic E-state index is 0.313. The second kappa shape index (κ2) is 5.85. The summed E-state index contributed by atoms with van der Waals surface area (Å²) in [5.41, 5.74) is 0.313. The van der Waals surface area contributed by atoms with Crippen LogP contribution in [0.1, 0.15) is 53.4 Å². The SMILES string of the molecule is C#CCC(CC)N1CC(C)(C2CC2)NCC1C(C)C. The van der Waals surface area contributed by atoms with Crippen LogP contribution in [0, 0.1) is 24.2 Å². The van der Waals surface area contributed by atoms with Gasteiger partial charge in [-0.1, -0.05) is 20.8 Å². The molecule has 1 heterocycles. The van der Waals surface area contributed by atoms with Crippen LogP contribution >= 0.6 is 0 Å². The number of piperazine rings is 1. The van der Waals surface area contributed by atoms with Crippen LogP contribution in [0.5, 0.6) is 0 Å². The van der Waals surface area contributed by atoms with Gasteiger partial charge in [-0.05, 0) is 38.0 Å². The Kier molecular flexibility index (Phi) is 4.58. The maximum absolute atomic E-state index is 5.58. The highest BCUT2D eigenvalue weighted by atomic mass is 15.3. The molecule has 1 saturated carbocycles. The molecule has 0 bridgehead atoms.